The van der Waals surface area contributed by atoms with E-state index in [9.17, 15) is 0 Å². The lowest BCUT2D eigenvalue weighted by atomic mass is 10.1. The first-order valence-corrected chi connectivity index (χ1v) is 8.90. The fourth-order valence-corrected chi connectivity index (χ4v) is 3.83. The molecule has 0 amide bonds. The summed E-state index contributed by atoms with van der Waals surface area (Å²) in [5.74, 6) is 1.96. The lowest BCUT2D eigenvalue weighted by Crippen LogP contribution is -2.38. The second kappa shape index (κ2) is 7.94. The maximum atomic E-state index is 3.57. The summed E-state index contributed by atoms with van der Waals surface area (Å²) < 4.78 is 0. The predicted octanol–water partition coefficient (Wildman–Crippen LogP) is 3.76. The van der Waals surface area contributed by atoms with Crippen molar-refractivity contribution < 1.29 is 0 Å². The van der Waals surface area contributed by atoms with E-state index in [4.69, 9.17) is 0 Å². The highest BCUT2D eigenvalue weighted by molar-refractivity contribution is 8.00. The van der Waals surface area contributed by atoms with Gasteiger partial charge in [0.2, 0.25) is 0 Å². The van der Waals surface area contributed by atoms with E-state index in [1.54, 1.807) is 0 Å². The Balaban J connectivity index is 2.03. The standard InChI is InChI=1S/C17H28N2S/c1-4-16-13-19(9-10-20-16)17-8-6-5-7-15(17)12-18-11-14(2)3/h5-8,14,16,18H,4,9-13H2,1-3H3. The molecule has 0 aliphatic carbocycles. The molecule has 0 saturated carbocycles. The number of hydrogen-bond acceptors (Lipinski definition) is 3. The minimum Gasteiger partial charge on any atom is -0.369 e. The van der Waals surface area contributed by atoms with Gasteiger partial charge in [0.15, 0.2) is 0 Å². The van der Waals surface area contributed by atoms with E-state index in [-0.39, 0.29) is 0 Å². The molecule has 0 radical (unpaired) electrons. The summed E-state index contributed by atoms with van der Waals surface area (Å²) in [6, 6.07) is 8.89. The Bertz CT molecular complexity index is 406. The molecule has 112 valence electrons. The minimum absolute atomic E-state index is 0.707. The Hall–Kier alpha value is -0.670. The molecular weight excluding hydrogens is 264 g/mol. The first-order valence-electron chi connectivity index (χ1n) is 7.86. The summed E-state index contributed by atoms with van der Waals surface area (Å²) in [7, 11) is 0. The second-order valence-electron chi connectivity index (χ2n) is 6.00. The second-order valence-corrected chi connectivity index (χ2v) is 7.41. The summed E-state index contributed by atoms with van der Waals surface area (Å²) in [5, 5.41) is 4.37. The molecule has 1 atom stereocenters. The van der Waals surface area contributed by atoms with Gasteiger partial charge in [0.1, 0.15) is 0 Å². The Morgan fingerprint density at radius 3 is 2.90 bits per heavy atom. The van der Waals surface area contributed by atoms with Crippen molar-refractivity contribution in [2.45, 2.75) is 39.0 Å². The van der Waals surface area contributed by atoms with Gasteiger partial charge in [-0.05, 0) is 30.5 Å². The van der Waals surface area contributed by atoms with Crippen LogP contribution in [0.3, 0.4) is 0 Å². The highest BCUT2D eigenvalue weighted by atomic mass is 32.2. The molecule has 1 unspecified atom stereocenters. The summed E-state index contributed by atoms with van der Waals surface area (Å²) in [6.45, 7) is 11.3. The number of nitrogens with one attached hydrogen (secondary N) is 1. The van der Waals surface area contributed by atoms with E-state index < -0.39 is 0 Å². The van der Waals surface area contributed by atoms with Crippen LogP contribution in [0.25, 0.3) is 0 Å². The fraction of sp³-hybridized carbons (Fsp3) is 0.647. The molecule has 1 aromatic carbocycles. The van der Waals surface area contributed by atoms with Gasteiger partial charge in [-0.1, -0.05) is 39.0 Å². The van der Waals surface area contributed by atoms with Crippen molar-refractivity contribution in [1.29, 1.82) is 0 Å². The summed E-state index contributed by atoms with van der Waals surface area (Å²) in [4.78, 5) is 2.58. The van der Waals surface area contributed by atoms with Crippen LogP contribution in [0.15, 0.2) is 24.3 Å². The quantitative estimate of drug-likeness (QED) is 0.859. The number of hydrogen-bond donors (Lipinski definition) is 1. The maximum absolute atomic E-state index is 3.57. The van der Waals surface area contributed by atoms with Gasteiger partial charge in [-0.15, -0.1) is 0 Å². The van der Waals surface area contributed by atoms with Crippen molar-refractivity contribution in [2.75, 3.05) is 30.3 Å². The lowest BCUT2D eigenvalue weighted by Gasteiger charge is -2.35. The van der Waals surface area contributed by atoms with Crippen molar-refractivity contribution in [3.8, 4) is 0 Å². The van der Waals surface area contributed by atoms with E-state index in [0.717, 1.165) is 18.3 Å². The molecule has 1 heterocycles. The smallest absolute Gasteiger partial charge is 0.0412 e. The highest BCUT2D eigenvalue weighted by Crippen LogP contribution is 2.28. The normalized spacial score (nSPS) is 19.6. The fourth-order valence-electron chi connectivity index (χ4n) is 2.65. The third kappa shape index (κ3) is 4.42. The van der Waals surface area contributed by atoms with Gasteiger partial charge in [-0.2, -0.15) is 11.8 Å². The number of nitrogens with zero attached hydrogens (tertiary/aromatic N) is 1. The van der Waals surface area contributed by atoms with Crippen LogP contribution in [-0.4, -0.2) is 30.6 Å². The first-order chi connectivity index (χ1) is 9.70. The van der Waals surface area contributed by atoms with Crippen molar-refractivity contribution in [3.63, 3.8) is 0 Å². The number of para-hydroxylation sites is 1. The number of benzene rings is 1. The van der Waals surface area contributed by atoms with E-state index in [1.165, 1.54) is 36.5 Å². The van der Waals surface area contributed by atoms with Crippen molar-refractivity contribution in [2.24, 2.45) is 5.92 Å². The van der Waals surface area contributed by atoms with Gasteiger partial charge in [0.25, 0.3) is 0 Å². The van der Waals surface area contributed by atoms with Crippen LogP contribution in [0.5, 0.6) is 0 Å². The van der Waals surface area contributed by atoms with Crippen LogP contribution >= 0.6 is 11.8 Å². The molecule has 0 bridgehead atoms. The van der Waals surface area contributed by atoms with Crippen LogP contribution in [0, 0.1) is 5.92 Å². The average molecular weight is 292 g/mol. The van der Waals surface area contributed by atoms with Gasteiger partial charge < -0.3 is 10.2 Å². The molecule has 1 N–H and O–H groups in total. The molecule has 1 aliphatic heterocycles. The molecule has 1 saturated heterocycles. The zero-order valence-electron chi connectivity index (χ0n) is 13.1. The van der Waals surface area contributed by atoms with Crippen LogP contribution in [0.2, 0.25) is 0 Å². The van der Waals surface area contributed by atoms with Crippen LogP contribution in [0.1, 0.15) is 32.8 Å². The van der Waals surface area contributed by atoms with Crippen LogP contribution in [-0.2, 0) is 6.54 Å². The van der Waals surface area contributed by atoms with Gasteiger partial charge in [-0.3, -0.25) is 0 Å². The number of rotatable bonds is 6. The number of anilines is 1. The molecule has 2 rings (SSSR count). The van der Waals surface area contributed by atoms with Gasteiger partial charge >= 0.3 is 0 Å². The Labute approximate surface area is 128 Å². The monoisotopic (exact) mass is 292 g/mol. The Morgan fingerprint density at radius 1 is 1.35 bits per heavy atom. The van der Waals surface area contributed by atoms with E-state index in [1.807, 2.05) is 0 Å². The van der Waals surface area contributed by atoms with E-state index in [0.29, 0.717) is 5.92 Å². The van der Waals surface area contributed by atoms with Gasteiger partial charge in [0, 0.05) is 36.3 Å². The predicted molar refractivity (Wildman–Crippen MR) is 91.7 cm³/mol. The van der Waals surface area contributed by atoms with E-state index in [2.05, 4.69) is 67.0 Å². The Kier molecular flexibility index (Phi) is 6.24. The summed E-state index contributed by atoms with van der Waals surface area (Å²) >= 11 is 2.13. The maximum Gasteiger partial charge on any atom is 0.0412 e. The highest BCUT2D eigenvalue weighted by Gasteiger charge is 2.20. The lowest BCUT2D eigenvalue weighted by molar-refractivity contribution is 0.551. The molecule has 1 aliphatic rings. The topological polar surface area (TPSA) is 15.3 Å². The number of thioether (sulfide) groups is 1. The molecule has 0 spiro atoms. The molecule has 0 aromatic heterocycles. The average Bonchev–Trinajstić information content (AvgIpc) is 2.47. The molecule has 2 nitrogen and oxygen atoms in total. The zero-order chi connectivity index (χ0) is 14.4. The SMILES string of the molecule is CCC1CN(c2ccccc2CNCC(C)C)CCS1. The zero-order valence-corrected chi connectivity index (χ0v) is 13.9. The molecule has 20 heavy (non-hydrogen) atoms. The Morgan fingerprint density at radius 2 is 2.15 bits per heavy atom. The third-order valence-electron chi connectivity index (χ3n) is 3.79. The van der Waals surface area contributed by atoms with Gasteiger partial charge in [-0.25, -0.2) is 0 Å². The minimum atomic E-state index is 0.707. The molecule has 3 heteroatoms. The van der Waals surface area contributed by atoms with Crippen LogP contribution < -0.4 is 10.2 Å². The van der Waals surface area contributed by atoms with Crippen molar-refractivity contribution >= 4 is 17.4 Å². The molecule has 1 aromatic rings. The molecular formula is C17H28N2S. The van der Waals surface area contributed by atoms with Crippen LogP contribution in [0.4, 0.5) is 5.69 Å². The molecule has 1 fully saturated rings. The van der Waals surface area contributed by atoms with Gasteiger partial charge in [0.05, 0.1) is 0 Å². The third-order valence-corrected chi connectivity index (χ3v) is 5.17. The summed E-state index contributed by atoms with van der Waals surface area (Å²) in [6.07, 6.45) is 1.27. The summed E-state index contributed by atoms with van der Waals surface area (Å²) in [5.41, 5.74) is 2.87. The van der Waals surface area contributed by atoms with E-state index >= 15 is 0 Å². The van der Waals surface area contributed by atoms with Crippen molar-refractivity contribution in [1.82, 2.24) is 5.32 Å². The van der Waals surface area contributed by atoms with Crippen molar-refractivity contribution in [3.05, 3.63) is 29.8 Å². The first kappa shape index (κ1) is 15.7. The largest absolute Gasteiger partial charge is 0.369 e.